The molecule has 0 heterocycles. The van der Waals surface area contributed by atoms with Gasteiger partial charge in [-0.2, -0.15) is 5.26 Å². The maximum atomic E-state index is 12.5. The van der Waals surface area contributed by atoms with Crippen LogP contribution in [0, 0.1) is 11.3 Å². The Hall–Kier alpha value is -1.62. The summed E-state index contributed by atoms with van der Waals surface area (Å²) in [5, 5.41) is 19.2. The molecule has 0 saturated carbocycles. The van der Waals surface area contributed by atoms with E-state index in [0.717, 1.165) is 6.08 Å². The summed E-state index contributed by atoms with van der Waals surface area (Å²) in [6.45, 7) is 0. The molecule has 0 aromatic heterocycles. The topological polar surface area (TPSA) is 78.2 Å². The predicted octanol–water partition coefficient (Wildman–Crippen LogP) is 4.26. The van der Waals surface area contributed by atoms with E-state index in [1.807, 2.05) is 0 Å². The quantitative estimate of drug-likeness (QED) is 0.720. The first-order chi connectivity index (χ1) is 10.4. The molecule has 1 N–H and O–H groups in total. The van der Waals surface area contributed by atoms with Crippen molar-refractivity contribution in [1.29, 1.82) is 5.26 Å². The second-order valence-electron chi connectivity index (χ2n) is 4.26. The maximum Gasteiger partial charge on any atom is 0.216 e. The summed E-state index contributed by atoms with van der Waals surface area (Å²) in [5.74, 6) is -0.140. The van der Waals surface area contributed by atoms with Gasteiger partial charge in [0.1, 0.15) is 16.7 Å². The Morgan fingerprint density at radius 2 is 1.82 bits per heavy atom. The molecule has 2 rings (SSSR count). The Balaban J connectivity index is 2.61. The number of phenols is 1. The molecule has 0 bridgehead atoms. The molecule has 0 atom stereocenters. The number of benzene rings is 2. The Bertz CT molecular complexity index is 885. The van der Waals surface area contributed by atoms with E-state index in [1.54, 1.807) is 30.3 Å². The van der Waals surface area contributed by atoms with Crippen LogP contribution < -0.4 is 0 Å². The first-order valence-electron chi connectivity index (χ1n) is 5.96. The molecule has 0 amide bonds. The molecule has 2 aromatic carbocycles. The van der Waals surface area contributed by atoms with Crippen molar-refractivity contribution in [1.82, 2.24) is 0 Å². The van der Waals surface area contributed by atoms with Gasteiger partial charge in [-0.1, -0.05) is 34.1 Å². The monoisotopic (exact) mass is 441 g/mol. The molecule has 0 fully saturated rings. The minimum atomic E-state index is -3.93. The number of hydrogen-bond acceptors (Lipinski definition) is 4. The van der Waals surface area contributed by atoms with Crippen molar-refractivity contribution < 1.29 is 13.5 Å². The molecule has 0 unspecified atom stereocenters. The Kier molecular flexibility index (Phi) is 5.06. The van der Waals surface area contributed by atoms with Crippen molar-refractivity contribution in [3.63, 3.8) is 0 Å². The minimum Gasteiger partial charge on any atom is -0.506 e. The zero-order chi connectivity index (χ0) is 16.3. The summed E-state index contributed by atoms with van der Waals surface area (Å²) in [4.78, 5) is -0.421. The van der Waals surface area contributed by atoms with Crippen LogP contribution in [0.2, 0.25) is 0 Å². The fourth-order valence-corrected chi connectivity index (χ4v) is 4.16. The highest BCUT2D eigenvalue weighted by atomic mass is 79.9. The first kappa shape index (κ1) is 16.7. The highest BCUT2D eigenvalue weighted by Crippen LogP contribution is 2.34. The Morgan fingerprint density at radius 3 is 2.41 bits per heavy atom. The number of aromatic hydroxyl groups is 1. The average molecular weight is 443 g/mol. The second kappa shape index (κ2) is 6.65. The van der Waals surface area contributed by atoms with Crippen LogP contribution in [0.1, 0.15) is 5.56 Å². The van der Waals surface area contributed by atoms with Gasteiger partial charge in [0, 0.05) is 10.0 Å². The largest absolute Gasteiger partial charge is 0.506 e. The van der Waals surface area contributed by atoms with Gasteiger partial charge in [-0.3, -0.25) is 0 Å². The summed E-state index contributed by atoms with van der Waals surface area (Å²) in [7, 11) is -3.93. The Morgan fingerprint density at radius 1 is 1.18 bits per heavy atom. The third-order valence-electron chi connectivity index (χ3n) is 2.80. The molecule has 0 spiro atoms. The van der Waals surface area contributed by atoms with Gasteiger partial charge >= 0.3 is 0 Å². The van der Waals surface area contributed by atoms with Crippen molar-refractivity contribution in [2.45, 2.75) is 4.90 Å². The van der Waals surface area contributed by atoms with Crippen molar-refractivity contribution in [3.05, 3.63) is 61.9 Å². The number of hydrogen-bond donors (Lipinski definition) is 1. The average Bonchev–Trinajstić information content (AvgIpc) is 2.50. The SMILES string of the molecule is N#C/C(=C/c1cc(Br)cc(Br)c1O)S(=O)(=O)c1ccccc1. The van der Waals surface area contributed by atoms with Crippen LogP contribution in [0.15, 0.2) is 61.2 Å². The van der Waals surface area contributed by atoms with E-state index in [0.29, 0.717) is 8.95 Å². The lowest BCUT2D eigenvalue weighted by molar-refractivity contribution is 0.470. The lowest BCUT2D eigenvalue weighted by Crippen LogP contribution is -2.03. The van der Waals surface area contributed by atoms with E-state index in [4.69, 9.17) is 0 Å². The molecule has 0 aliphatic carbocycles. The van der Waals surface area contributed by atoms with Crippen LogP contribution in [0.3, 0.4) is 0 Å². The number of sulfone groups is 1. The second-order valence-corrected chi connectivity index (χ2v) is 7.95. The van der Waals surface area contributed by atoms with Gasteiger partial charge in [0.25, 0.3) is 0 Å². The number of allylic oxidation sites excluding steroid dienone is 1. The van der Waals surface area contributed by atoms with Gasteiger partial charge in [-0.15, -0.1) is 0 Å². The lowest BCUT2D eigenvalue weighted by atomic mass is 10.2. The third-order valence-corrected chi connectivity index (χ3v) is 5.54. The standard InChI is InChI=1S/C15H9Br2NO3S/c16-11-6-10(15(19)14(17)8-11)7-13(9-18)22(20,21)12-4-2-1-3-5-12/h1-8,19H/b13-7-. The number of halogens is 2. The van der Waals surface area contributed by atoms with Crippen molar-refractivity contribution >= 4 is 47.8 Å². The first-order valence-corrected chi connectivity index (χ1v) is 9.03. The van der Waals surface area contributed by atoms with Gasteiger partial charge < -0.3 is 5.11 Å². The summed E-state index contributed by atoms with van der Waals surface area (Å²) in [5.41, 5.74) is 0.220. The van der Waals surface area contributed by atoms with Crippen LogP contribution in [0.4, 0.5) is 0 Å². The number of phenolic OH excluding ortho intramolecular Hbond substituents is 1. The number of nitrogens with zero attached hydrogens (tertiary/aromatic N) is 1. The van der Waals surface area contributed by atoms with E-state index >= 15 is 0 Å². The zero-order valence-corrected chi connectivity index (χ0v) is 15.0. The van der Waals surface area contributed by atoms with Crippen LogP contribution in [0.25, 0.3) is 6.08 Å². The van der Waals surface area contributed by atoms with Gasteiger partial charge in [0.05, 0.1) is 9.37 Å². The van der Waals surface area contributed by atoms with E-state index in [2.05, 4.69) is 31.9 Å². The van der Waals surface area contributed by atoms with Crippen molar-refractivity contribution in [2.75, 3.05) is 0 Å². The van der Waals surface area contributed by atoms with E-state index < -0.39 is 14.7 Å². The molecule has 7 heteroatoms. The molecule has 0 aliphatic heterocycles. The number of nitriles is 1. The molecular formula is C15H9Br2NO3S. The van der Waals surface area contributed by atoms with Gasteiger partial charge in [-0.25, -0.2) is 8.42 Å². The minimum absolute atomic E-state index is 0.0244. The third kappa shape index (κ3) is 3.40. The van der Waals surface area contributed by atoms with Gasteiger partial charge in [0.2, 0.25) is 9.84 Å². The van der Waals surface area contributed by atoms with Crippen LogP contribution in [0.5, 0.6) is 5.75 Å². The van der Waals surface area contributed by atoms with Crippen molar-refractivity contribution in [3.8, 4) is 11.8 Å². The molecule has 112 valence electrons. The molecule has 22 heavy (non-hydrogen) atoms. The molecule has 0 aliphatic rings. The Labute approximate surface area is 144 Å². The molecule has 2 aromatic rings. The smallest absolute Gasteiger partial charge is 0.216 e. The van der Waals surface area contributed by atoms with Crippen LogP contribution in [-0.4, -0.2) is 13.5 Å². The van der Waals surface area contributed by atoms with Gasteiger partial charge in [-0.05, 0) is 46.3 Å². The zero-order valence-electron chi connectivity index (χ0n) is 11.0. The van der Waals surface area contributed by atoms with Crippen LogP contribution in [-0.2, 0) is 9.84 Å². The van der Waals surface area contributed by atoms with E-state index in [9.17, 15) is 18.8 Å². The van der Waals surface area contributed by atoms with E-state index in [-0.39, 0.29) is 16.2 Å². The fourth-order valence-electron chi connectivity index (χ4n) is 1.73. The molecular weight excluding hydrogens is 434 g/mol. The van der Waals surface area contributed by atoms with Crippen molar-refractivity contribution in [2.24, 2.45) is 0 Å². The fraction of sp³-hybridized carbons (Fsp3) is 0. The highest BCUT2D eigenvalue weighted by Gasteiger charge is 2.21. The summed E-state index contributed by atoms with van der Waals surface area (Å²) in [6, 6.07) is 12.5. The summed E-state index contributed by atoms with van der Waals surface area (Å²) < 4.78 is 25.9. The summed E-state index contributed by atoms with van der Waals surface area (Å²) >= 11 is 6.41. The highest BCUT2D eigenvalue weighted by molar-refractivity contribution is 9.11. The lowest BCUT2D eigenvalue weighted by Gasteiger charge is -2.06. The van der Waals surface area contributed by atoms with E-state index in [1.165, 1.54) is 18.2 Å². The molecule has 4 nitrogen and oxygen atoms in total. The molecule has 0 radical (unpaired) electrons. The maximum absolute atomic E-state index is 12.5. The predicted molar refractivity (Wildman–Crippen MR) is 90.7 cm³/mol. The van der Waals surface area contributed by atoms with Gasteiger partial charge in [0.15, 0.2) is 0 Å². The summed E-state index contributed by atoms with van der Waals surface area (Å²) in [6.07, 6.45) is 1.15. The van der Waals surface area contributed by atoms with Crippen LogP contribution >= 0.6 is 31.9 Å². The molecule has 0 saturated heterocycles. The number of rotatable bonds is 3. The normalized spacial score (nSPS) is 12.0.